The van der Waals surface area contributed by atoms with Crippen LogP contribution in [0.5, 0.6) is 0 Å². The molecule has 1 aliphatic carbocycles. The summed E-state index contributed by atoms with van der Waals surface area (Å²) >= 11 is 12.0. The molecule has 0 radical (unpaired) electrons. The Kier molecular flexibility index (Phi) is 4.48. The fourth-order valence-corrected chi connectivity index (χ4v) is 3.06. The molecule has 1 fully saturated rings. The van der Waals surface area contributed by atoms with Gasteiger partial charge in [-0.25, -0.2) is 0 Å². The van der Waals surface area contributed by atoms with E-state index in [0.717, 1.165) is 12.0 Å². The molecule has 2 atom stereocenters. The van der Waals surface area contributed by atoms with Crippen molar-refractivity contribution in [3.05, 3.63) is 33.8 Å². The van der Waals surface area contributed by atoms with Gasteiger partial charge in [0.2, 0.25) is 0 Å². The van der Waals surface area contributed by atoms with Gasteiger partial charge in [-0.15, -0.1) is 0 Å². The van der Waals surface area contributed by atoms with Crippen molar-refractivity contribution in [1.82, 2.24) is 0 Å². The van der Waals surface area contributed by atoms with Crippen LogP contribution in [0.15, 0.2) is 18.2 Å². The first-order chi connectivity index (χ1) is 9.04. The third kappa shape index (κ3) is 2.93. The van der Waals surface area contributed by atoms with Crippen LogP contribution >= 0.6 is 23.2 Å². The molecule has 5 heteroatoms. The summed E-state index contributed by atoms with van der Waals surface area (Å²) in [5.41, 5.74) is 0.740. The Balaban J connectivity index is 2.29. The number of benzene rings is 1. The molecule has 102 valence electrons. The average molecular weight is 301 g/mol. The van der Waals surface area contributed by atoms with Gasteiger partial charge in [0.1, 0.15) is 5.92 Å². The molecule has 0 amide bonds. The molecular formula is C14H14Cl2O3. The van der Waals surface area contributed by atoms with Crippen molar-refractivity contribution in [2.45, 2.75) is 25.2 Å². The molecule has 0 aliphatic heterocycles. The molecular weight excluding hydrogens is 287 g/mol. The maximum atomic E-state index is 12.4. The first-order valence-electron chi connectivity index (χ1n) is 6.11. The second kappa shape index (κ2) is 5.93. The van der Waals surface area contributed by atoms with Crippen LogP contribution in [-0.4, -0.2) is 18.9 Å². The third-order valence-corrected chi connectivity index (χ3v) is 4.06. The van der Waals surface area contributed by atoms with Gasteiger partial charge in [0.15, 0.2) is 5.78 Å². The van der Waals surface area contributed by atoms with Gasteiger partial charge in [-0.2, -0.15) is 0 Å². The van der Waals surface area contributed by atoms with Gasteiger partial charge in [-0.05, 0) is 30.5 Å². The van der Waals surface area contributed by atoms with Crippen molar-refractivity contribution in [2.24, 2.45) is 5.92 Å². The summed E-state index contributed by atoms with van der Waals surface area (Å²) in [4.78, 5) is 24.0. The molecule has 1 aromatic rings. The van der Waals surface area contributed by atoms with E-state index in [4.69, 9.17) is 23.2 Å². The smallest absolute Gasteiger partial charge is 0.316 e. The van der Waals surface area contributed by atoms with E-state index < -0.39 is 11.9 Å². The van der Waals surface area contributed by atoms with E-state index in [2.05, 4.69) is 4.74 Å². The fraction of sp³-hybridized carbons (Fsp3) is 0.429. The standard InChI is InChI=1S/C14H14Cl2O3/c1-19-14(18)11-4-2-3-10(13(11)17)9-6-5-8(15)7-12(9)16/h5-7,10-11H,2-4H2,1H3. The number of Topliss-reactive ketones (excluding diaryl/α,β-unsaturated/α-hetero) is 1. The van der Waals surface area contributed by atoms with Crippen LogP contribution in [0.3, 0.4) is 0 Å². The van der Waals surface area contributed by atoms with Crippen molar-refractivity contribution in [3.8, 4) is 0 Å². The van der Waals surface area contributed by atoms with Crippen LogP contribution in [0.4, 0.5) is 0 Å². The summed E-state index contributed by atoms with van der Waals surface area (Å²) in [5.74, 6) is -1.58. The molecule has 1 aliphatic rings. The first kappa shape index (κ1) is 14.4. The number of ketones is 1. The summed E-state index contributed by atoms with van der Waals surface area (Å²) in [6, 6.07) is 5.08. The van der Waals surface area contributed by atoms with E-state index in [1.165, 1.54) is 7.11 Å². The van der Waals surface area contributed by atoms with Crippen LogP contribution in [0.25, 0.3) is 0 Å². The number of hydrogen-bond acceptors (Lipinski definition) is 3. The molecule has 19 heavy (non-hydrogen) atoms. The maximum absolute atomic E-state index is 12.4. The van der Waals surface area contributed by atoms with Crippen molar-refractivity contribution < 1.29 is 14.3 Å². The molecule has 2 unspecified atom stereocenters. The number of methoxy groups -OCH3 is 1. The lowest BCUT2D eigenvalue weighted by Crippen LogP contribution is -2.33. The number of carbonyl (C=O) groups excluding carboxylic acids is 2. The Hall–Kier alpha value is -1.06. The molecule has 1 aromatic carbocycles. The second-order valence-corrected chi connectivity index (χ2v) is 5.47. The Morgan fingerprint density at radius 1 is 1.32 bits per heavy atom. The van der Waals surface area contributed by atoms with Crippen LogP contribution in [0.1, 0.15) is 30.7 Å². The fourth-order valence-electron chi connectivity index (χ4n) is 2.52. The largest absolute Gasteiger partial charge is 0.468 e. The molecule has 0 aromatic heterocycles. The predicted molar refractivity (Wildman–Crippen MR) is 73.6 cm³/mol. The van der Waals surface area contributed by atoms with Gasteiger partial charge in [0.05, 0.1) is 7.11 Å². The second-order valence-electron chi connectivity index (χ2n) is 4.63. The topological polar surface area (TPSA) is 43.4 Å². The summed E-state index contributed by atoms with van der Waals surface area (Å²) in [7, 11) is 1.30. The van der Waals surface area contributed by atoms with E-state index in [9.17, 15) is 9.59 Å². The Labute approximate surface area is 121 Å². The van der Waals surface area contributed by atoms with Crippen molar-refractivity contribution in [2.75, 3.05) is 7.11 Å². The van der Waals surface area contributed by atoms with Gasteiger partial charge in [0, 0.05) is 16.0 Å². The van der Waals surface area contributed by atoms with Crippen LogP contribution in [0, 0.1) is 5.92 Å². The first-order valence-corrected chi connectivity index (χ1v) is 6.86. The molecule has 0 N–H and O–H groups in total. The highest BCUT2D eigenvalue weighted by Gasteiger charge is 2.37. The quantitative estimate of drug-likeness (QED) is 0.619. The average Bonchev–Trinajstić information content (AvgIpc) is 2.39. The number of carbonyl (C=O) groups is 2. The third-order valence-electron chi connectivity index (χ3n) is 3.50. The molecule has 0 bridgehead atoms. The molecule has 0 heterocycles. The lowest BCUT2D eigenvalue weighted by molar-refractivity contribution is -0.151. The molecule has 1 saturated carbocycles. The van der Waals surface area contributed by atoms with E-state index in [-0.39, 0.29) is 11.7 Å². The van der Waals surface area contributed by atoms with Gasteiger partial charge in [-0.3, -0.25) is 9.59 Å². The minimum absolute atomic E-state index is 0.109. The highest BCUT2D eigenvalue weighted by Crippen LogP contribution is 2.37. The zero-order valence-electron chi connectivity index (χ0n) is 10.5. The number of rotatable bonds is 2. The highest BCUT2D eigenvalue weighted by molar-refractivity contribution is 6.35. The predicted octanol–water partition coefficient (Wildman–Crippen LogP) is 3.62. The number of esters is 1. The minimum atomic E-state index is -0.671. The van der Waals surface area contributed by atoms with E-state index in [1.807, 2.05) is 0 Å². The van der Waals surface area contributed by atoms with Gasteiger partial charge < -0.3 is 4.74 Å². The summed E-state index contributed by atoms with van der Waals surface area (Å²) < 4.78 is 4.68. The zero-order valence-corrected chi connectivity index (χ0v) is 12.0. The van der Waals surface area contributed by atoms with Crippen molar-refractivity contribution in [1.29, 1.82) is 0 Å². The molecule has 0 saturated heterocycles. The van der Waals surface area contributed by atoms with E-state index >= 15 is 0 Å². The lowest BCUT2D eigenvalue weighted by atomic mass is 9.77. The van der Waals surface area contributed by atoms with Gasteiger partial charge in [-0.1, -0.05) is 35.7 Å². The number of halogens is 2. The molecule has 0 spiro atoms. The summed E-state index contributed by atoms with van der Waals surface area (Å²) in [6.45, 7) is 0. The Morgan fingerprint density at radius 3 is 2.68 bits per heavy atom. The molecule has 3 nitrogen and oxygen atoms in total. The lowest BCUT2D eigenvalue weighted by Gasteiger charge is -2.27. The zero-order chi connectivity index (χ0) is 14.0. The van der Waals surface area contributed by atoms with E-state index in [1.54, 1.807) is 18.2 Å². The van der Waals surface area contributed by atoms with Crippen LogP contribution in [-0.2, 0) is 14.3 Å². The van der Waals surface area contributed by atoms with Crippen LogP contribution < -0.4 is 0 Å². The van der Waals surface area contributed by atoms with Gasteiger partial charge >= 0.3 is 5.97 Å². The van der Waals surface area contributed by atoms with Crippen molar-refractivity contribution in [3.63, 3.8) is 0 Å². The monoisotopic (exact) mass is 300 g/mol. The normalized spacial score (nSPS) is 23.2. The van der Waals surface area contributed by atoms with Crippen molar-refractivity contribution >= 4 is 35.0 Å². The molecule has 2 rings (SSSR count). The number of ether oxygens (including phenoxy) is 1. The van der Waals surface area contributed by atoms with Gasteiger partial charge in [0.25, 0.3) is 0 Å². The number of hydrogen-bond donors (Lipinski definition) is 0. The summed E-state index contributed by atoms with van der Waals surface area (Å²) in [6.07, 6.45) is 2.05. The Bertz CT molecular complexity index is 513. The maximum Gasteiger partial charge on any atom is 0.316 e. The van der Waals surface area contributed by atoms with Crippen LogP contribution in [0.2, 0.25) is 10.0 Å². The SMILES string of the molecule is COC(=O)C1CCCC(c2ccc(Cl)cc2Cl)C1=O. The highest BCUT2D eigenvalue weighted by atomic mass is 35.5. The van der Waals surface area contributed by atoms with E-state index in [0.29, 0.717) is 22.9 Å². The minimum Gasteiger partial charge on any atom is -0.468 e. The summed E-state index contributed by atoms with van der Waals surface area (Å²) in [5, 5.41) is 0.998. The Morgan fingerprint density at radius 2 is 2.05 bits per heavy atom.